The van der Waals surface area contributed by atoms with E-state index >= 15 is 0 Å². The molecular formula is C23H29N6O5P. The summed E-state index contributed by atoms with van der Waals surface area (Å²) in [5.74, 6) is 1.14. The van der Waals surface area contributed by atoms with Crippen molar-refractivity contribution in [3.8, 4) is 5.75 Å². The monoisotopic (exact) mass is 500 g/mol. The zero-order valence-corrected chi connectivity index (χ0v) is 21.0. The van der Waals surface area contributed by atoms with Crippen molar-refractivity contribution in [2.75, 3.05) is 38.4 Å². The van der Waals surface area contributed by atoms with Crippen LogP contribution in [0.1, 0.15) is 13.0 Å². The Morgan fingerprint density at radius 2 is 1.91 bits per heavy atom. The molecule has 0 aliphatic rings. The van der Waals surface area contributed by atoms with E-state index in [9.17, 15) is 9.67 Å². The van der Waals surface area contributed by atoms with Crippen molar-refractivity contribution >= 4 is 42.0 Å². The van der Waals surface area contributed by atoms with Crippen molar-refractivity contribution in [3.05, 3.63) is 48.8 Å². The standard InChI is InChI=1S/C23H29N6O5P/c1-14(29-13-25-19-21(28(2)3)26-23(24)27-22(19)29)20(30)18(32-4)12-33-35(31)34-17-11-7-9-15-8-5-6-10-16(15)17/h5-11,13-14,18,20,30,35H,12H2,1-4H3,(H2,24,26,27)/t14-,18+,20-/m0/s1. The minimum absolute atomic E-state index is 0.0976. The number of rotatable bonds is 10. The average molecular weight is 500 g/mol. The lowest BCUT2D eigenvalue weighted by atomic mass is 10.1. The lowest BCUT2D eigenvalue weighted by molar-refractivity contribution is -0.0539. The van der Waals surface area contributed by atoms with Gasteiger partial charge in [-0.25, -0.2) is 9.55 Å². The number of nitrogen functional groups attached to an aromatic ring is 1. The summed E-state index contributed by atoms with van der Waals surface area (Å²) in [7, 11) is 2.21. The highest BCUT2D eigenvalue weighted by Gasteiger charge is 2.29. The summed E-state index contributed by atoms with van der Waals surface area (Å²) in [6, 6.07) is 12.6. The molecule has 2 heterocycles. The van der Waals surface area contributed by atoms with E-state index in [1.807, 2.05) is 50.5 Å². The van der Waals surface area contributed by atoms with E-state index < -0.39 is 26.5 Å². The van der Waals surface area contributed by atoms with Gasteiger partial charge in [0.15, 0.2) is 17.0 Å². The zero-order valence-electron chi connectivity index (χ0n) is 20.0. The number of aromatic nitrogens is 4. The van der Waals surface area contributed by atoms with Gasteiger partial charge in [-0.2, -0.15) is 9.97 Å². The Kier molecular flexibility index (Phi) is 7.51. The molecule has 35 heavy (non-hydrogen) atoms. The van der Waals surface area contributed by atoms with Gasteiger partial charge in [-0.05, 0) is 18.4 Å². The Morgan fingerprint density at radius 3 is 2.66 bits per heavy atom. The molecule has 4 atom stereocenters. The third kappa shape index (κ3) is 5.23. The highest BCUT2D eigenvalue weighted by Crippen LogP contribution is 2.34. The maximum Gasteiger partial charge on any atom is 0.367 e. The van der Waals surface area contributed by atoms with E-state index in [1.165, 1.54) is 7.11 Å². The van der Waals surface area contributed by atoms with E-state index in [0.717, 1.165) is 10.8 Å². The number of aliphatic hydroxyl groups is 1. The van der Waals surface area contributed by atoms with Gasteiger partial charge in [0.2, 0.25) is 5.95 Å². The Hall–Kier alpha value is -3.24. The predicted molar refractivity (Wildman–Crippen MR) is 135 cm³/mol. The number of nitrogens with two attached hydrogens (primary N) is 1. The summed E-state index contributed by atoms with van der Waals surface area (Å²) in [5, 5.41) is 12.8. The number of anilines is 2. The van der Waals surface area contributed by atoms with Gasteiger partial charge >= 0.3 is 8.25 Å². The molecule has 186 valence electrons. The molecule has 0 spiro atoms. The van der Waals surface area contributed by atoms with Crippen LogP contribution in [0.5, 0.6) is 5.75 Å². The molecule has 0 aliphatic heterocycles. The van der Waals surface area contributed by atoms with Gasteiger partial charge < -0.3 is 29.6 Å². The van der Waals surface area contributed by atoms with Crippen molar-refractivity contribution in [1.82, 2.24) is 19.5 Å². The second-order valence-electron chi connectivity index (χ2n) is 8.27. The van der Waals surface area contributed by atoms with Crippen molar-refractivity contribution in [2.45, 2.75) is 25.2 Å². The molecule has 2 aromatic carbocycles. The predicted octanol–water partition coefficient (Wildman–Crippen LogP) is 3.05. The second kappa shape index (κ2) is 10.6. The first kappa shape index (κ1) is 24.9. The van der Waals surface area contributed by atoms with Crippen LogP contribution in [0.4, 0.5) is 11.8 Å². The molecule has 0 bridgehead atoms. The van der Waals surface area contributed by atoms with Gasteiger partial charge in [0, 0.05) is 26.6 Å². The summed E-state index contributed by atoms with van der Waals surface area (Å²) in [5.41, 5.74) is 6.93. The van der Waals surface area contributed by atoms with Crippen LogP contribution in [-0.2, 0) is 13.8 Å². The van der Waals surface area contributed by atoms with Gasteiger partial charge in [-0.3, -0.25) is 4.52 Å². The highest BCUT2D eigenvalue weighted by molar-refractivity contribution is 7.33. The topological polar surface area (TPSA) is 138 Å². The number of aliphatic hydroxyl groups excluding tert-OH is 1. The Labute approximate surface area is 203 Å². The molecule has 0 radical (unpaired) electrons. The number of hydrogen-bond acceptors (Lipinski definition) is 10. The van der Waals surface area contributed by atoms with Crippen molar-refractivity contribution < 1.29 is 23.5 Å². The first-order valence-electron chi connectivity index (χ1n) is 11.0. The third-order valence-corrected chi connectivity index (χ3v) is 6.56. The van der Waals surface area contributed by atoms with Crippen LogP contribution >= 0.6 is 8.25 Å². The van der Waals surface area contributed by atoms with E-state index in [4.69, 9.17) is 19.5 Å². The molecule has 2 aromatic heterocycles. The number of benzene rings is 2. The molecular weight excluding hydrogens is 471 g/mol. The second-order valence-corrected chi connectivity index (χ2v) is 9.26. The van der Waals surface area contributed by atoms with E-state index in [-0.39, 0.29) is 12.6 Å². The maximum absolute atomic E-state index is 12.6. The fourth-order valence-corrected chi connectivity index (χ4v) is 4.58. The summed E-state index contributed by atoms with van der Waals surface area (Å²) >= 11 is 0. The fourth-order valence-electron chi connectivity index (χ4n) is 3.86. The largest absolute Gasteiger partial charge is 0.426 e. The van der Waals surface area contributed by atoms with Crippen LogP contribution in [0.15, 0.2) is 48.8 Å². The number of ether oxygens (including phenoxy) is 1. The molecule has 0 saturated carbocycles. The summed E-state index contributed by atoms with van der Waals surface area (Å²) < 4.78 is 30.7. The minimum atomic E-state index is -2.91. The first-order valence-corrected chi connectivity index (χ1v) is 12.2. The van der Waals surface area contributed by atoms with Gasteiger partial charge in [-0.1, -0.05) is 36.4 Å². The number of hydrogen-bond donors (Lipinski definition) is 2. The molecule has 4 aromatic rings. The van der Waals surface area contributed by atoms with Crippen LogP contribution < -0.4 is 15.2 Å². The molecule has 0 amide bonds. The van der Waals surface area contributed by atoms with Gasteiger partial charge in [0.25, 0.3) is 0 Å². The SMILES string of the molecule is CO[C@H](CO[PH](=O)Oc1cccc2ccccc12)[C@@H](O)[C@H](C)n1cnc2c(N(C)C)nc(N)nc21. The van der Waals surface area contributed by atoms with Crippen molar-refractivity contribution in [3.63, 3.8) is 0 Å². The maximum atomic E-state index is 12.6. The van der Waals surface area contributed by atoms with Crippen LogP contribution in [0, 0.1) is 0 Å². The van der Waals surface area contributed by atoms with Crippen LogP contribution in [0.2, 0.25) is 0 Å². The van der Waals surface area contributed by atoms with Crippen molar-refractivity contribution in [2.24, 2.45) is 0 Å². The van der Waals surface area contributed by atoms with Crippen molar-refractivity contribution in [1.29, 1.82) is 0 Å². The lowest BCUT2D eigenvalue weighted by Crippen LogP contribution is -2.38. The molecule has 4 rings (SSSR count). The van der Waals surface area contributed by atoms with E-state index in [0.29, 0.717) is 22.7 Å². The summed E-state index contributed by atoms with van der Waals surface area (Å²) in [6.45, 7) is 1.65. The molecule has 0 aliphatic carbocycles. The molecule has 11 nitrogen and oxygen atoms in total. The number of fused-ring (bicyclic) bond motifs is 2. The fraction of sp³-hybridized carbons (Fsp3) is 0.348. The Bertz CT molecular complexity index is 1340. The molecule has 1 unspecified atom stereocenters. The molecule has 12 heteroatoms. The smallest absolute Gasteiger partial charge is 0.367 e. The Balaban J connectivity index is 1.46. The van der Waals surface area contributed by atoms with Gasteiger partial charge in [-0.15, -0.1) is 0 Å². The molecule has 0 saturated heterocycles. The Morgan fingerprint density at radius 1 is 1.17 bits per heavy atom. The van der Waals surface area contributed by atoms with Gasteiger partial charge in [0.05, 0.1) is 19.0 Å². The van der Waals surface area contributed by atoms with E-state index in [2.05, 4.69) is 15.0 Å². The average Bonchev–Trinajstić information content (AvgIpc) is 3.27. The quantitative estimate of drug-likeness (QED) is 0.313. The number of nitrogens with zero attached hydrogens (tertiary/aromatic N) is 5. The minimum Gasteiger partial charge on any atom is -0.426 e. The lowest BCUT2D eigenvalue weighted by Gasteiger charge is -2.27. The van der Waals surface area contributed by atoms with Crippen LogP contribution in [0.3, 0.4) is 0 Å². The summed E-state index contributed by atoms with van der Waals surface area (Å²) in [6.07, 6.45) is -0.261. The molecule has 0 fully saturated rings. The molecule has 3 N–H and O–H groups in total. The third-order valence-electron chi connectivity index (χ3n) is 5.77. The van der Waals surface area contributed by atoms with E-state index in [1.54, 1.807) is 28.8 Å². The van der Waals surface area contributed by atoms with Crippen LogP contribution in [-0.4, -0.2) is 64.6 Å². The number of methoxy groups -OCH3 is 1. The summed E-state index contributed by atoms with van der Waals surface area (Å²) in [4.78, 5) is 14.7. The first-order chi connectivity index (χ1) is 16.8. The van der Waals surface area contributed by atoms with Crippen LogP contribution in [0.25, 0.3) is 21.9 Å². The van der Waals surface area contributed by atoms with Gasteiger partial charge in [0.1, 0.15) is 18.0 Å². The normalized spacial score (nSPS) is 15.1. The highest BCUT2D eigenvalue weighted by atomic mass is 31.1. The number of imidazole rings is 1. The zero-order chi connectivity index (χ0) is 25.1.